The highest BCUT2D eigenvalue weighted by Gasteiger charge is 2.15. The Morgan fingerprint density at radius 2 is 1.21 bits per heavy atom. The number of benzene rings is 6. The Hall–Kier alpha value is -4.88. The Morgan fingerprint density at radius 3 is 2.13 bits per heavy atom. The predicted molar refractivity (Wildman–Crippen MR) is 167 cm³/mol. The largest absolute Gasteiger partial charge is 0.309 e. The molecular formula is C38H27N. The molecule has 0 atom stereocenters. The molecule has 0 radical (unpaired) electrons. The molecule has 1 nitrogen and oxygen atoms in total. The molecule has 1 heteroatoms. The van der Waals surface area contributed by atoms with Crippen molar-refractivity contribution < 1.29 is 0 Å². The van der Waals surface area contributed by atoms with Crippen LogP contribution >= 0.6 is 0 Å². The zero-order chi connectivity index (χ0) is 25.8. The quantitative estimate of drug-likeness (QED) is 0.214. The summed E-state index contributed by atoms with van der Waals surface area (Å²) in [5.41, 5.74) is 9.02. The van der Waals surface area contributed by atoms with Gasteiger partial charge in [0.25, 0.3) is 0 Å². The van der Waals surface area contributed by atoms with Crippen LogP contribution in [0.2, 0.25) is 0 Å². The lowest BCUT2D eigenvalue weighted by Crippen LogP contribution is -1.95. The molecule has 0 aliphatic heterocycles. The van der Waals surface area contributed by atoms with Crippen LogP contribution in [-0.2, 0) is 0 Å². The molecule has 1 heterocycles. The summed E-state index contributed by atoms with van der Waals surface area (Å²) in [6, 6.07) is 46.5. The van der Waals surface area contributed by atoms with Gasteiger partial charge >= 0.3 is 0 Å². The number of fused-ring (bicyclic) bond motifs is 6. The molecule has 0 N–H and O–H groups in total. The van der Waals surface area contributed by atoms with Crippen molar-refractivity contribution in [1.29, 1.82) is 0 Å². The third kappa shape index (κ3) is 3.62. The predicted octanol–water partition coefficient (Wildman–Crippen LogP) is 10.4. The van der Waals surface area contributed by atoms with E-state index in [0.717, 1.165) is 12.8 Å². The van der Waals surface area contributed by atoms with Crippen LogP contribution in [0.1, 0.15) is 24.0 Å². The molecule has 184 valence electrons. The van der Waals surface area contributed by atoms with Crippen molar-refractivity contribution in [2.24, 2.45) is 0 Å². The first kappa shape index (κ1) is 22.1. The first-order chi connectivity index (χ1) is 19.3. The fourth-order valence-electron chi connectivity index (χ4n) is 6.35. The topological polar surface area (TPSA) is 4.93 Å². The van der Waals surface area contributed by atoms with Crippen molar-refractivity contribution >= 4 is 54.5 Å². The van der Waals surface area contributed by atoms with Crippen LogP contribution in [0.4, 0.5) is 0 Å². The SMILES string of the molecule is C1=C(c2ccc3c(ccc4ccccc43)c2)C=C(c2ccc3c(c2)c2ccccc2n3-c2ccccc2)CC1. The van der Waals surface area contributed by atoms with E-state index in [4.69, 9.17) is 0 Å². The highest BCUT2D eigenvalue weighted by atomic mass is 15.0. The highest BCUT2D eigenvalue weighted by molar-refractivity contribution is 6.11. The van der Waals surface area contributed by atoms with Crippen LogP contribution in [0, 0.1) is 0 Å². The van der Waals surface area contributed by atoms with E-state index >= 15 is 0 Å². The molecule has 0 amide bonds. The van der Waals surface area contributed by atoms with E-state index in [0.29, 0.717) is 0 Å². The van der Waals surface area contributed by atoms with Crippen molar-refractivity contribution in [3.63, 3.8) is 0 Å². The number of allylic oxidation sites excluding steroid dienone is 4. The van der Waals surface area contributed by atoms with E-state index in [2.05, 4.69) is 144 Å². The molecule has 0 saturated carbocycles. The van der Waals surface area contributed by atoms with Crippen LogP contribution in [0.15, 0.2) is 140 Å². The van der Waals surface area contributed by atoms with Crippen LogP contribution < -0.4 is 0 Å². The second-order valence-electron chi connectivity index (χ2n) is 10.5. The number of hydrogen-bond donors (Lipinski definition) is 0. The molecule has 0 bridgehead atoms. The van der Waals surface area contributed by atoms with Gasteiger partial charge in [-0.15, -0.1) is 0 Å². The molecule has 1 aliphatic carbocycles. The van der Waals surface area contributed by atoms with Gasteiger partial charge in [0.2, 0.25) is 0 Å². The Kier molecular flexibility index (Phi) is 5.03. The second-order valence-corrected chi connectivity index (χ2v) is 10.5. The maximum Gasteiger partial charge on any atom is 0.0541 e. The number of para-hydroxylation sites is 2. The standard InChI is InChI=1S/C38H27N/c1-2-12-32(13-3-1)39-37-16-7-6-15-35(37)36-25-30(20-22-38(36)39)28-11-8-10-27(23-28)29-19-21-34-31(24-29)18-17-26-9-4-5-14-33(26)34/h1-7,9-10,12-25H,8,11H2. The van der Waals surface area contributed by atoms with E-state index in [1.807, 2.05) is 0 Å². The number of nitrogens with zero attached hydrogens (tertiary/aromatic N) is 1. The monoisotopic (exact) mass is 497 g/mol. The van der Waals surface area contributed by atoms with Crippen LogP contribution in [0.25, 0.3) is 60.2 Å². The summed E-state index contributed by atoms with van der Waals surface area (Å²) in [4.78, 5) is 0. The van der Waals surface area contributed by atoms with Crippen molar-refractivity contribution in [2.45, 2.75) is 12.8 Å². The van der Waals surface area contributed by atoms with Gasteiger partial charge in [0.05, 0.1) is 11.0 Å². The maximum atomic E-state index is 2.41. The van der Waals surface area contributed by atoms with Crippen molar-refractivity contribution in [3.8, 4) is 5.69 Å². The summed E-state index contributed by atoms with van der Waals surface area (Å²) in [5, 5.41) is 7.83. The average molecular weight is 498 g/mol. The van der Waals surface area contributed by atoms with E-state index in [9.17, 15) is 0 Å². The second kappa shape index (κ2) is 8.85. The molecule has 0 spiro atoms. The molecule has 6 aromatic carbocycles. The Bertz CT molecular complexity index is 2100. The molecule has 1 aromatic heterocycles. The maximum absolute atomic E-state index is 2.41. The summed E-state index contributed by atoms with van der Waals surface area (Å²) < 4.78 is 2.38. The summed E-state index contributed by atoms with van der Waals surface area (Å²) in [6.45, 7) is 0. The zero-order valence-corrected chi connectivity index (χ0v) is 21.6. The Balaban J connectivity index is 1.23. The van der Waals surface area contributed by atoms with Gasteiger partial charge < -0.3 is 4.57 Å². The van der Waals surface area contributed by atoms with Crippen LogP contribution in [0.5, 0.6) is 0 Å². The first-order valence-electron chi connectivity index (χ1n) is 13.8. The summed E-state index contributed by atoms with van der Waals surface area (Å²) in [7, 11) is 0. The Morgan fingerprint density at radius 1 is 0.487 bits per heavy atom. The fraction of sp³-hybridized carbons (Fsp3) is 0.0526. The lowest BCUT2D eigenvalue weighted by molar-refractivity contribution is 1.06. The number of hydrogen-bond acceptors (Lipinski definition) is 0. The number of aromatic nitrogens is 1. The van der Waals surface area contributed by atoms with Gasteiger partial charge in [0, 0.05) is 16.5 Å². The van der Waals surface area contributed by atoms with Crippen LogP contribution in [0.3, 0.4) is 0 Å². The normalized spacial score (nSPS) is 13.7. The number of rotatable bonds is 3. The minimum atomic E-state index is 1.06. The summed E-state index contributed by atoms with van der Waals surface area (Å²) >= 11 is 0. The molecule has 7 aromatic rings. The summed E-state index contributed by atoms with van der Waals surface area (Å²) in [6.07, 6.45) is 6.92. The van der Waals surface area contributed by atoms with Crippen molar-refractivity contribution in [2.75, 3.05) is 0 Å². The van der Waals surface area contributed by atoms with Gasteiger partial charge in [-0.2, -0.15) is 0 Å². The molecule has 0 saturated heterocycles. The van der Waals surface area contributed by atoms with Gasteiger partial charge in [-0.05, 0) is 93.1 Å². The third-order valence-electron chi connectivity index (χ3n) is 8.24. The minimum Gasteiger partial charge on any atom is -0.309 e. The van der Waals surface area contributed by atoms with E-state index in [1.54, 1.807) is 0 Å². The zero-order valence-electron chi connectivity index (χ0n) is 21.6. The van der Waals surface area contributed by atoms with E-state index in [1.165, 1.54) is 71.3 Å². The molecular weight excluding hydrogens is 470 g/mol. The van der Waals surface area contributed by atoms with Gasteiger partial charge in [-0.3, -0.25) is 0 Å². The highest BCUT2D eigenvalue weighted by Crippen LogP contribution is 2.37. The van der Waals surface area contributed by atoms with E-state index < -0.39 is 0 Å². The molecule has 1 aliphatic rings. The first-order valence-corrected chi connectivity index (χ1v) is 13.8. The van der Waals surface area contributed by atoms with E-state index in [-0.39, 0.29) is 0 Å². The van der Waals surface area contributed by atoms with Crippen LogP contribution in [-0.4, -0.2) is 4.57 Å². The average Bonchev–Trinajstić information content (AvgIpc) is 3.35. The fourth-order valence-corrected chi connectivity index (χ4v) is 6.35. The Labute approximate surface area is 227 Å². The van der Waals surface area contributed by atoms with Gasteiger partial charge in [-0.25, -0.2) is 0 Å². The molecule has 39 heavy (non-hydrogen) atoms. The summed E-state index contributed by atoms with van der Waals surface area (Å²) in [5.74, 6) is 0. The third-order valence-corrected chi connectivity index (χ3v) is 8.24. The van der Waals surface area contributed by atoms with Gasteiger partial charge in [0.15, 0.2) is 0 Å². The van der Waals surface area contributed by atoms with Crippen molar-refractivity contribution in [1.82, 2.24) is 4.57 Å². The molecule has 8 rings (SSSR count). The lowest BCUT2D eigenvalue weighted by atomic mass is 9.89. The molecule has 0 fully saturated rings. The van der Waals surface area contributed by atoms with Gasteiger partial charge in [0.1, 0.15) is 0 Å². The van der Waals surface area contributed by atoms with Crippen molar-refractivity contribution in [3.05, 3.63) is 151 Å². The smallest absolute Gasteiger partial charge is 0.0541 e. The molecule has 0 unspecified atom stereocenters. The minimum absolute atomic E-state index is 1.06. The van der Waals surface area contributed by atoms with Gasteiger partial charge in [-0.1, -0.05) is 103 Å². The lowest BCUT2D eigenvalue weighted by Gasteiger charge is -2.16.